The molecule has 0 bridgehead atoms. The largest absolute Gasteiger partial charge is 0.392 e. The summed E-state index contributed by atoms with van der Waals surface area (Å²) in [5, 5.41) is 6.31. The summed E-state index contributed by atoms with van der Waals surface area (Å²) in [5.41, 5.74) is 10.4. The third-order valence-corrected chi connectivity index (χ3v) is 4.84. The lowest BCUT2D eigenvalue weighted by atomic mass is 10.1. The topological polar surface area (TPSA) is 145 Å². The van der Waals surface area contributed by atoms with Gasteiger partial charge in [-0.3, -0.25) is 4.79 Å². The van der Waals surface area contributed by atoms with Crippen molar-refractivity contribution in [1.82, 2.24) is 25.3 Å². The normalized spacial score (nSPS) is 16.1. The molecule has 1 aromatic carbocycles. The maximum Gasteiger partial charge on any atom is 0.336 e. The molecule has 1 saturated heterocycles. The summed E-state index contributed by atoms with van der Waals surface area (Å²) in [6, 6.07) is 6.98. The molecule has 3 heterocycles. The van der Waals surface area contributed by atoms with Gasteiger partial charge in [0.25, 0.3) is 0 Å². The highest BCUT2D eigenvalue weighted by Crippen LogP contribution is 2.18. The monoisotopic (exact) mass is 419 g/mol. The van der Waals surface area contributed by atoms with Crippen LogP contribution in [0.5, 0.6) is 0 Å². The predicted molar refractivity (Wildman–Crippen MR) is 114 cm³/mol. The number of aryl methyl sites for hydroxylation is 1. The van der Waals surface area contributed by atoms with Crippen molar-refractivity contribution in [3.8, 4) is 0 Å². The first-order valence-corrected chi connectivity index (χ1v) is 9.69. The van der Waals surface area contributed by atoms with Crippen LogP contribution in [0.3, 0.4) is 0 Å². The molecular formula is C21H21N7O3. The van der Waals surface area contributed by atoms with Crippen molar-refractivity contribution < 1.29 is 14.3 Å². The van der Waals surface area contributed by atoms with Crippen LogP contribution in [0, 0.1) is 6.92 Å². The van der Waals surface area contributed by atoms with Crippen molar-refractivity contribution in [3.63, 3.8) is 0 Å². The lowest BCUT2D eigenvalue weighted by Crippen LogP contribution is -2.41. The molecule has 1 atom stereocenters. The van der Waals surface area contributed by atoms with Crippen LogP contribution >= 0.6 is 0 Å². The minimum atomic E-state index is -0.574. The number of hydrogen-bond donors (Lipinski definition) is 3. The number of fused-ring (bicyclic) bond motifs is 1. The third kappa shape index (κ3) is 4.58. The standard InChI is InChI=1S/C21H21N7O3/c1-11(25-16-7-8-17(29)31-20(16)30)13-3-5-14(6-4-13)23-9-15-10-24-19-18(27-15)12(2)26-21(22)28-19/h3-6,10,16,23,25H,1,7-9H2,2H3,(H2,22,24,26,28). The molecule has 4 rings (SSSR count). The number of benzene rings is 1. The number of hydrogen-bond acceptors (Lipinski definition) is 10. The van der Waals surface area contributed by atoms with E-state index in [4.69, 9.17) is 5.73 Å². The molecule has 31 heavy (non-hydrogen) atoms. The minimum absolute atomic E-state index is 0.176. The molecule has 0 radical (unpaired) electrons. The zero-order valence-corrected chi connectivity index (χ0v) is 16.9. The fourth-order valence-electron chi connectivity index (χ4n) is 3.21. The Labute approximate surface area is 178 Å². The molecule has 158 valence electrons. The highest BCUT2D eigenvalue weighted by molar-refractivity contribution is 5.92. The smallest absolute Gasteiger partial charge is 0.336 e. The van der Waals surface area contributed by atoms with Crippen LogP contribution in [0.25, 0.3) is 16.9 Å². The fourth-order valence-corrected chi connectivity index (χ4v) is 3.21. The first-order chi connectivity index (χ1) is 14.9. The first kappa shape index (κ1) is 20.2. The first-order valence-electron chi connectivity index (χ1n) is 9.69. The molecule has 0 aliphatic carbocycles. The Morgan fingerprint density at radius 2 is 2.00 bits per heavy atom. The van der Waals surface area contributed by atoms with E-state index in [1.54, 1.807) is 6.20 Å². The Morgan fingerprint density at radius 3 is 2.74 bits per heavy atom. The summed E-state index contributed by atoms with van der Waals surface area (Å²) >= 11 is 0. The minimum Gasteiger partial charge on any atom is -0.392 e. The average molecular weight is 419 g/mol. The van der Waals surface area contributed by atoms with E-state index in [9.17, 15) is 9.59 Å². The Morgan fingerprint density at radius 1 is 1.23 bits per heavy atom. The van der Waals surface area contributed by atoms with Crippen molar-refractivity contribution in [2.45, 2.75) is 32.4 Å². The van der Waals surface area contributed by atoms with Gasteiger partial charge in [0, 0.05) is 17.8 Å². The number of rotatable bonds is 6. The zero-order valence-electron chi connectivity index (χ0n) is 16.9. The quantitative estimate of drug-likeness (QED) is 0.399. The van der Waals surface area contributed by atoms with Gasteiger partial charge in [-0.2, -0.15) is 4.98 Å². The predicted octanol–water partition coefficient (Wildman–Crippen LogP) is 1.72. The number of carbonyl (C=O) groups excluding carboxylic acids is 2. The zero-order chi connectivity index (χ0) is 22.0. The van der Waals surface area contributed by atoms with Crippen LogP contribution in [-0.2, 0) is 20.9 Å². The van der Waals surface area contributed by atoms with Gasteiger partial charge in [-0.05, 0) is 31.0 Å². The Hall–Kier alpha value is -4.08. The highest BCUT2D eigenvalue weighted by Gasteiger charge is 2.29. The van der Waals surface area contributed by atoms with Crippen molar-refractivity contribution in [2.24, 2.45) is 0 Å². The second-order valence-corrected chi connectivity index (χ2v) is 7.14. The molecule has 1 aliphatic rings. The molecule has 3 aromatic rings. The van der Waals surface area contributed by atoms with E-state index in [2.05, 4.69) is 41.9 Å². The van der Waals surface area contributed by atoms with Crippen molar-refractivity contribution in [2.75, 3.05) is 11.1 Å². The molecule has 2 aromatic heterocycles. The van der Waals surface area contributed by atoms with Crippen molar-refractivity contribution >= 4 is 40.4 Å². The molecule has 1 aliphatic heterocycles. The SMILES string of the molecule is C=C(NC1CCC(=O)OC1=O)c1ccc(NCc2cnc3nc(N)nc(C)c3n2)cc1. The highest BCUT2D eigenvalue weighted by atomic mass is 16.6. The summed E-state index contributed by atoms with van der Waals surface area (Å²) in [6.45, 7) is 6.26. The number of aromatic nitrogens is 4. The van der Waals surface area contributed by atoms with Gasteiger partial charge in [0.05, 0.1) is 24.1 Å². The molecule has 10 heteroatoms. The number of nitrogens with one attached hydrogen (secondary N) is 2. The lowest BCUT2D eigenvalue weighted by molar-refractivity contribution is -0.164. The average Bonchev–Trinajstić information content (AvgIpc) is 2.74. The molecule has 1 fully saturated rings. The van der Waals surface area contributed by atoms with Gasteiger partial charge in [0.15, 0.2) is 5.65 Å². The van der Waals surface area contributed by atoms with Crippen molar-refractivity contribution in [1.29, 1.82) is 0 Å². The van der Waals surface area contributed by atoms with Gasteiger partial charge in [-0.15, -0.1) is 0 Å². The maximum absolute atomic E-state index is 11.8. The van der Waals surface area contributed by atoms with Crippen LogP contribution < -0.4 is 16.4 Å². The second-order valence-electron chi connectivity index (χ2n) is 7.14. The van der Waals surface area contributed by atoms with E-state index in [1.165, 1.54) is 0 Å². The van der Waals surface area contributed by atoms with Gasteiger partial charge in [0.1, 0.15) is 11.6 Å². The molecule has 0 spiro atoms. The molecule has 0 amide bonds. The van der Waals surface area contributed by atoms with E-state index >= 15 is 0 Å². The van der Waals surface area contributed by atoms with Gasteiger partial charge >= 0.3 is 11.9 Å². The third-order valence-electron chi connectivity index (χ3n) is 4.84. The Bertz CT molecular complexity index is 1180. The number of cyclic esters (lactones) is 2. The number of nitrogens with zero attached hydrogens (tertiary/aromatic N) is 4. The van der Waals surface area contributed by atoms with E-state index in [0.29, 0.717) is 35.5 Å². The molecule has 1 unspecified atom stereocenters. The second kappa shape index (κ2) is 8.34. The Balaban J connectivity index is 1.37. The van der Waals surface area contributed by atoms with Crippen LogP contribution in [0.1, 0.15) is 29.8 Å². The van der Waals surface area contributed by atoms with Gasteiger partial charge < -0.3 is 21.1 Å². The summed E-state index contributed by atoms with van der Waals surface area (Å²) < 4.78 is 4.65. The van der Waals surface area contributed by atoms with E-state index in [1.807, 2.05) is 31.2 Å². The van der Waals surface area contributed by atoms with Gasteiger partial charge in [-0.25, -0.2) is 19.7 Å². The van der Waals surface area contributed by atoms with E-state index in [0.717, 1.165) is 16.9 Å². The number of nitrogens with two attached hydrogens (primary N) is 1. The number of nitrogen functional groups attached to an aromatic ring is 1. The fraction of sp³-hybridized carbons (Fsp3) is 0.238. The number of anilines is 2. The van der Waals surface area contributed by atoms with Crippen LogP contribution in [-0.4, -0.2) is 37.9 Å². The van der Waals surface area contributed by atoms with Crippen molar-refractivity contribution in [3.05, 3.63) is 54.0 Å². The summed E-state index contributed by atoms with van der Waals surface area (Å²) in [7, 11) is 0. The lowest BCUT2D eigenvalue weighted by Gasteiger charge is -2.22. The maximum atomic E-state index is 11.8. The molecule has 10 nitrogen and oxygen atoms in total. The number of esters is 2. The summed E-state index contributed by atoms with van der Waals surface area (Å²) in [4.78, 5) is 40.0. The Kier molecular flexibility index (Phi) is 5.44. The summed E-state index contributed by atoms with van der Waals surface area (Å²) in [5.74, 6) is -0.891. The molecular weight excluding hydrogens is 398 g/mol. The number of carbonyl (C=O) groups is 2. The summed E-state index contributed by atoms with van der Waals surface area (Å²) in [6.07, 6.45) is 2.24. The van der Waals surface area contributed by atoms with Gasteiger partial charge in [-0.1, -0.05) is 18.7 Å². The van der Waals surface area contributed by atoms with Gasteiger partial charge in [0.2, 0.25) is 5.95 Å². The van der Waals surface area contributed by atoms with Crippen LogP contribution in [0.2, 0.25) is 0 Å². The van der Waals surface area contributed by atoms with Crippen LogP contribution in [0.4, 0.5) is 11.6 Å². The number of ether oxygens (including phenoxy) is 1. The molecule has 4 N–H and O–H groups in total. The van der Waals surface area contributed by atoms with Crippen LogP contribution in [0.15, 0.2) is 37.0 Å². The molecule has 0 saturated carbocycles. The van der Waals surface area contributed by atoms with E-state index in [-0.39, 0.29) is 12.4 Å². The van der Waals surface area contributed by atoms with E-state index < -0.39 is 18.0 Å².